The van der Waals surface area contributed by atoms with Crippen LogP contribution in [-0.2, 0) is 6.42 Å². The summed E-state index contributed by atoms with van der Waals surface area (Å²) in [5, 5.41) is 4.24. The number of piperidine rings is 1. The molecule has 0 saturated carbocycles. The van der Waals surface area contributed by atoms with Crippen molar-refractivity contribution in [2.75, 3.05) is 19.9 Å². The molecule has 0 aromatic heterocycles. The molecule has 2 heterocycles. The van der Waals surface area contributed by atoms with E-state index in [1.807, 2.05) is 6.92 Å². The molecule has 98 valence electrons. The molecular weight excluding hydrogens is 250 g/mol. The third-order valence-corrected chi connectivity index (χ3v) is 4.39. The van der Waals surface area contributed by atoms with Crippen LogP contribution in [0.5, 0.6) is 11.5 Å². The molecule has 0 amide bonds. The first-order valence-corrected chi connectivity index (χ1v) is 6.92. The first-order chi connectivity index (χ1) is 8.75. The van der Waals surface area contributed by atoms with Gasteiger partial charge in [0, 0.05) is 5.56 Å². The van der Waals surface area contributed by atoms with Crippen molar-refractivity contribution in [1.82, 2.24) is 5.32 Å². The Morgan fingerprint density at radius 2 is 2.11 bits per heavy atom. The Hall–Kier alpha value is -0.930. The standard InChI is InChI=1S/C14H18ClNO2/c1-9-13(15)11(6-10-2-4-16-5-3-10)7-12-14(9)18-8-17-12/h7,10,16H,2-6,8H2,1H3. The van der Waals surface area contributed by atoms with Crippen LogP contribution in [0.1, 0.15) is 24.0 Å². The molecule has 0 bridgehead atoms. The van der Waals surface area contributed by atoms with E-state index in [1.165, 1.54) is 18.4 Å². The molecule has 1 aromatic rings. The average Bonchev–Trinajstić information content (AvgIpc) is 2.85. The van der Waals surface area contributed by atoms with Gasteiger partial charge in [0.2, 0.25) is 6.79 Å². The third kappa shape index (κ3) is 2.17. The summed E-state index contributed by atoms with van der Waals surface area (Å²) < 4.78 is 10.9. The van der Waals surface area contributed by atoms with Crippen molar-refractivity contribution in [3.8, 4) is 11.5 Å². The van der Waals surface area contributed by atoms with Gasteiger partial charge in [0.15, 0.2) is 11.5 Å². The van der Waals surface area contributed by atoms with Gasteiger partial charge in [-0.3, -0.25) is 0 Å². The monoisotopic (exact) mass is 267 g/mol. The molecule has 0 radical (unpaired) electrons. The van der Waals surface area contributed by atoms with Crippen molar-refractivity contribution in [3.63, 3.8) is 0 Å². The molecule has 0 unspecified atom stereocenters. The van der Waals surface area contributed by atoms with E-state index < -0.39 is 0 Å². The van der Waals surface area contributed by atoms with Gasteiger partial charge in [-0.1, -0.05) is 11.6 Å². The molecule has 4 heteroatoms. The number of hydrogen-bond acceptors (Lipinski definition) is 3. The van der Waals surface area contributed by atoms with E-state index >= 15 is 0 Å². The average molecular weight is 268 g/mol. The van der Waals surface area contributed by atoms with Gasteiger partial charge in [0.05, 0.1) is 5.02 Å². The lowest BCUT2D eigenvalue weighted by Gasteiger charge is -2.23. The zero-order chi connectivity index (χ0) is 12.5. The first kappa shape index (κ1) is 12.1. The van der Waals surface area contributed by atoms with Crippen LogP contribution in [-0.4, -0.2) is 19.9 Å². The molecule has 0 aliphatic carbocycles. The topological polar surface area (TPSA) is 30.5 Å². The second kappa shape index (κ2) is 4.98. The summed E-state index contributed by atoms with van der Waals surface area (Å²) in [5.41, 5.74) is 2.21. The first-order valence-electron chi connectivity index (χ1n) is 6.54. The fourth-order valence-electron chi connectivity index (χ4n) is 2.80. The molecule has 1 aromatic carbocycles. The van der Waals surface area contributed by atoms with Gasteiger partial charge >= 0.3 is 0 Å². The molecule has 3 rings (SSSR count). The van der Waals surface area contributed by atoms with Gasteiger partial charge in [-0.25, -0.2) is 0 Å². The van der Waals surface area contributed by atoms with E-state index in [-0.39, 0.29) is 0 Å². The lowest BCUT2D eigenvalue weighted by Crippen LogP contribution is -2.28. The van der Waals surface area contributed by atoms with Gasteiger partial charge < -0.3 is 14.8 Å². The number of rotatable bonds is 2. The van der Waals surface area contributed by atoms with Crippen LogP contribution < -0.4 is 14.8 Å². The quantitative estimate of drug-likeness (QED) is 0.894. The van der Waals surface area contributed by atoms with E-state index in [0.717, 1.165) is 47.5 Å². The summed E-state index contributed by atoms with van der Waals surface area (Å²) in [6.07, 6.45) is 3.49. The second-order valence-corrected chi connectivity index (χ2v) is 5.48. The summed E-state index contributed by atoms with van der Waals surface area (Å²) >= 11 is 6.44. The van der Waals surface area contributed by atoms with E-state index in [2.05, 4.69) is 11.4 Å². The van der Waals surface area contributed by atoms with Crippen molar-refractivity contribution < 1.29 is 9.47 Å². The molecule has 1 saturated heterocycles. The van der Waals surface area contributed by atoms with Gasteiger partial charge in [0.25, 0.3) is 0 Å². The van der Waals surface area contributed by atoms with Crippen molar-refractivity contribution >= 4 is 11.6 Å². The number of benzene rings is 1. The van der Waals surface area contributed by atoms with Crippen molar-refractivity contribution in [1.29, 1.82) is 0 Å². The van der Waals surface area contributed by atoms with Crippen LogP contribution in [0.3, 0.4) is 0 Å². The minimum Gasteiger partial charge on any atom is -0.454 e. The van der Waals surface area contributed by atoms with Crippen molar-refractivity contribution in [3.05, 3.63) is 22.2 Å². The zero-order valence-corrected chi connectivity index (χ0v) is 11.3. The number of halogens is 1. The predicted molar refractivity (Wildman–Crippen MR) is 71.6 cm³/mol. The normalized spacial score (nSPS) is 19.2. The van der Waals surface area contributed by atoms with Crippen molar-refractivity contribution in [2.24, 2.45) is 5.92 Å². The van der Waals surface area contributed by atoms with Crippen LogP contribution in [0, 0.1) is 12.8 Å². The number of ether oxygens (including phenoxy) is 2. The Kier molecular flexibility index (Phi) is 3.35. The molecule has 1 N–H and O–H groups in total. The summed E-state index contributed by atoms with van der Waals surface area (Å²) in [6, 6.07) is 2.06. The minimum absolute atomic E-state index is 0.309. The summed E-state index contributed by atoms with van der Waals surface area (Å²) in [7, 11) is 0. The van der Waals surface area contributed by atoms with Crippen LogP contribution in [0.4, 0.5) is 0 Å². The maximum absolute atomic E-state index is 6.44. The van der Waals surface area contributed by atoms with E-state index in [0.29, 0.717) is 6.79 Å². The fourth-order valence-corrected chi connectivity index (χ4v) is 3.01. The van der Waals surface area contributed by atoms with Crippen LogP contribution in [0.15, 0.2) is 6.07 Å². The maximum Gasteiger partial charge on any atom is 0.231 e. The van der Waals surface area contributed by atoms with Gasteiger partial charge in [0.1, 0.15) is 0 Å². The van der Waals surface area contributed by atoms with Gasteiger partial charge in [-0.15, -0.1) is 0 Å². The molecule has 2 aliphatic heterocycles. The van der Waals surface area contributed by atoms with Crippen LogP contribution in [0.2, 0.25) is 5.02 Å². The second-order valence-electron chi connectivity index (χ2n) is 5.11. The Labute approximate surface area is 112 Å². The lowest BCUT2D eigenvalue weighted by atomic mass is 9.90. The number of nitrogens with one attached hydrogen (secondary N) is 1. The maximum atomic E-state index is 6.44. The highest BCUT2D eigenvalue weighted by Crippen LogP contribution is 2.42. The summed E-state index contributed by atoms with van der Waals surface area (Å²) in [6.45, 7) is 4.54. The predicted octanol–water partition coefficient (Wildman–Crippen LogP) is 2.92. The highest BCUT2D eigenvalue weighted by molar-refractivity contribution is 6.32. The highest BCUT2D eigenvalue weighted by Gasteiger charge is 2.23. The Morgan fingerprint density at radius 3 is 2.89 bits per heavy atom. The summed E-state index contributed by atoms with van der Waals surface area (Å²) in [5.74, 6) is 2.39. The van der Waals surface area contributed by atoms with Crippen LogP contribution in [0.25, 0.3) is 0 Å². The Morgan fingerprint density at radius 1 is 1.33 bits per heavy atom. The largest absolute Gasteiger partial charge is 0.454 e. The molecule has 2 aliphatic rings. The lowest BCUT2D eigenvalue weighted by molar-refractivity contribution is 0.173. The van der Waals surface area contributed by atoms with E-state index in [9.17, 15) is 0 Å². The van der Waals surface area contributed by atoms with Crippen LogP contribution >= 0.6 is 11.6 Å². The van der Waals surface area contributed by atoms with Gasteiger partial charge in [-0.05, 0) is 56.8 Å². The molecule has 1 fully saturated rings. The fraction of sp³-hybridized carbons (Fsp3) is 0.571. The molecular formula is C14H18ClNO2. The van der Waals surface area contributed by atoms with Gasteiger partial charge in [-0.2, -0.15) is 0 Å². The molecule has 18 heavy (non-hydrogen) atoms. The van der Waals surface area contributed by atoms with Crippen molar-refractivity contribution in [2.45, 2.75) is 26.2 Å². The minimum atomic E-state index is 0.309. The molecule has 3 nitrogen and oxygen atoms in total. The number of hydrogen-bond donors (Lipinski definition) is 1. The molecule has 0 spiro atoms. The van der Waals surface area contributed by atoms with E-state index in [4.69, 9.17) is 21.1 Å². The number of fused-ring (bicyclic) bond motifs is 1. The SMILES string of the molecule is Cc1c(Cl)c(CC2CCNCC2)cc2c1OCO2. The smallest absolute Gasteiger partial charge is 0.231 e. The summed E-state index contributed by atoms with van der Waals surface area (Å²) in [4.78, 5) is 0. The zero-order valence-electron chi connectivity index (χ0n) is 10.6. The highest BCUT2D eigenvalue weighted by atomic mass is 35.5. The van der Waals surface area contributed by atoms with E-state index in [1.54, 1.807) is 0 Å². The Bertz CT molecular complexity index is 456. The Balaban J connectivity index is 1.85. The third-order valence-electron chi connectivity index (χ3n) is 3.87. The molecule has 0 atom stereocenters.